The number of pyridine rings is 1. The van der Waals surface area contributed by atoms with Crippen molar-refractivity contribution in [3.05, 3.63) is 106 Å². The van der Waals surface area contributed by atoms with Gasteiger partial charge in [0, 0.05) is 22.2 Å². The number of anilines is 2. The molecule has 0 spiro atoms. The molecule has 33 heavy (non-hydrogen) atoms. The first-order valence-corrected chi connectivity index (χ1v) is 11.6. The number of aromatic nitrogens is 1. The van der Waals surface area contributed by atoms with E-state index in [0.29, 0.717) is 5.56 Å². The van der Waals surface area contributed by atoms with Crippen LogP contribution in [0, 0.1) is 20.8 Å². The predicted molar refractivity (Wildman–Crippen MR) is 136 cm³/mol. The van der Waals surface area contributed by atoms with E-state index in [-0.39, 0.29) is 11.9 Å². The van der Waals surface area contributed by atoms with Crippen LogP contribution in [0.4, 0.5) is 10.8 Å². The second-order valence-electron chi connectivity index (χ2n) is 7.92. The van der Waals surface area contributed by atoms with E-state index in [9.17, 15) is 4.79 Å². The van der Waals surface area contributed by atoms with Crippen molar-refractivity contribution >= 4 is 28.1 Å². The highest BCUT2D eigenvalue weighted by Gasteiger charge is 2.25. The van der Waals surface area contributed by atoms with E-state index < -0.39 is 0 Å². The Hall–Kier alpha value is -3.64. The Balaban J connectivity index is 1.80. The summed E-state index contributed by atoms with van der Waals surface area (Å²) in [6, 6.07) is 21.0. The molecule has 4 rings (SSSR count). The van der Waals surface area contributed by atoms with Crippen molar-refractivity contribution in [2.45, 2.75) is 26.8 Å². The summed E-state index contributed by atoms with van der Waals surface area (Å²) in [6.45, 7) is 6.21. The quantitative estimate of drug-likeness (QED) is 0.331. The van der Waals surface area contributed by atoms with Gasteiger partial charge in [0.05, 0.1) is 13.2 Å². The molecule has 0 fully saturated rings. The van der Waals surface area contributed by atoms with Gasteiger partial charge >= 0.3 is 0 Å². The zero-order valence-electron chi connectivity index (χ0n) is 19.2. The Bertz CT molecular complexity index is 1270. The fourth-order valence-corrected chi connectivity index (χ4v) is 4.85. The van der Waals surface area contributed by atoms with E-state index in [4.69, 9.17) is 4.74 Å². The van der Waals surface area contributed by atoms with Crippen LogP contribution in [0.3, 0.4) is 0 Å². The first-order chi connectivity index (χ1) is 16.0. The van der Waals surface area contributed by atoms with Crippen LogP contribution >= 0.6 is 11.3 Å². The minimum atomic E-state index is -0.231. The lowest BCUT2D eigenvalue weighted by Crippen LogP contribution is -2.18. The first kappa shape index (κ1) is 22.6. The maximum atomic E-state index is 13.0. The van der Waals surface area contributed by atoms with Crippen molar-refractivity contribution in [2.24, 2.45) is 0 Å². The number of rotatable bonds is 7. The number of nitrogens with zero attached hydrogens (tertiary/aromatic N) is 1. The molecule has 0 aliphatic rings. The lowest BCUT2D eigenvalue weighted by atomic mass is 9.96. The zero-order chi connectivity index (χ0) is 23.4. The Labute approximate surface area is 198 Å². The predicted octanol–water partition coefficient (Wildman–Crippen LogP) is 6.53. The number of aryl methyl sites for hydroxylation is 2. The van der Waals surface area contributed by atoms with Crippen molar-refractivity contribution in [1.82, 2.24) is 4.98 Å². The summed E-state index contributed by atoms with van der Waals surface area (Å²) in [5.74, 6) is 1.42. The molecule has 2 aromatic heterocycles. The summed E-state index contributed by atoms with van der Waals surface area (Å²) in [7, 11) is 1.66. The van der Waals surface area contributed by atoms with Gasteiger partial charge in [-0.3, -0.25) is 4.79 Å². The van der Waals surface area contributed by atoms with Crippen LogP contribution < -0.4 is 15.4 Å². The van der Waals surface area contributed by atoms with Crippen LogP contribution in [0.2, 0.25) is 0 Å². The maximum absolute atomic E-state index is 13.0. The molecule has 0 saturated heterocycles. The summed E-state index contributed by atoms with van der Waals surface area (Å²) in [5.41, 5.74) is 4.93. The molecule has 168 valence electrons. The standard InChI is InChI=1S/C27H27N3O2S/c1-17-13-14-28-23(15-17)29-25(21-11-8-12-22(16-21)32-4)24-18(2)19(3)33-27(24)30-26(31)20-9-6-5-7-10-20/h5-16,25H,1-4H3,(H,28,29)(H,30,31)/t25-/m0/s1. The SMILES string of the molecule is COc1cccc([C@H](Nc2cc(C)ccn2)c2c(NC(=O)c3ccccc3)sc(C)c2C)c1. The van der Waals surface area contributed by atoms with E-state index >= 15 is 0 Å². The van der Waals surface area contributed by atoms with Gasteiger partial charge in [0.25, 0.3) is 5.91 Å². The van der Waals surface area contributed by atoms with Crippen LogP contribution in [-0.2, 0) is 0 Å². The van der Waals surface area contributed by atoms with Gasteiger partial charge in [0.2, 0.25) is 0 Å². The van der Waals surface area contributed by atoms with E-state index in [2.05, 4.69) is 35.5 Å². The molecule has 6 heteroatoms. The molecular formula is C27H27N3O2S. The van der Waals surface area contributed by atoms with Gasteiger partial charge in [0.1, 0.15) is 16.6 Å². The smallest absolute Gasteiger partial charge is 0.256 e. The van der Waals surface area contributed by atoms with Crippen LogP contribution in [0.15, 0.2) is 72.9 Å². The molecule has 1 atom stereocenters. The molecule has 0 aliphatic carbocycles. The number of carbonyl (C=O) groups excluding carboxylic acids is 1. The van der Waals surface area contributed by atoms with Crippen LogP contribution in [0.1, 0.15) is 43.5 Å². The number of hydrogen-bond donors (Lipinski definition) is 2. The summed E-state index contributed by atoms with van der Waals surface area (Å²) in [6.07, 6.45) is 1.80. The second-order valence-corrected chi connectivity index (χ2v) is 9.14. The maximum Gasteiger partial charge on any atom is 0.256 e. The minimum Gasteiger partial charge on any atom is -0.497 e. The van der Waals surface area contributed by atoms with Gasteiger partial charge in [-0.25, -0.2) is 4.98 Å². The Morgan fingerprint density at radius 3 is 2.52 bits per heavy atom. The van der Waals surface area contributed by atoms with Crippen molar-refractivity contribution in [2.75, 3.05) is 17.7 Å². The second kappa shape index (κ2) is 9.88. The third-order valence-corrected chi connectivity index (χ3v) is 6.76. The van der Waals surface area contributed by atoms with Crippen molar-refractivity contribution < 1.29 is 9.53 Å². The van der Waals surface area contributed by atoms with Gasteiger partial charge < -0.3 is 15.4 Å². The van der Waals surface area contributed by atoms with Crippen molar-refractivity contribution in [3.63, 3.8) is 0 Å². The fraction of sp³-hybridized carbons (Fsp3) is 0.185. The summed E-state index contributed by atoms with van der Waals surface area (Å²) in [4.78, 5) is 18.7. The average molecular weight is 458 g/mol. The van der Waals surface area contributed by atoms with E-state index in [1.807, 2.05) is 67.6 Å². The van der Waals surface area contributed by atoms with Gasteiger partial charge in [-0.05, 0) is 73.9 Å². The normalized spacial score (nSPS) is 11.6. The molecule has 0 aliphatic heterocycles. The van der Waals surface area contributed by atoms with Crippen molar-refractivity contribution in [1.29, 1.82) is 0 Å². The molecule has 2 N–H and O–H groups in total. The molecule has 2 aromatic carbocycles. The number of methoxy groups -OCH3 is 1. The third kappa shape index (κ3) is 5.07. The number of benzene rings is 2. The molecule has 0 saturated carbocycles. The van der Waals surface area contributed by atoms with E-state index in [0.717, 1.165) is 43.7 Å². The van der Waals surface area contributed by atoms with Gasteiger partial charge in [-0.1, -0.05) is 30.3 Å². The first-order valence-electron chi connectivity index (χ1n) is 10.8. The molecule has 0 bridgehead atoms. The molecule has 4 aromatic rings. The molecule has 5 nitrogen and oxygen atoms in total. The zero-order valence-corrected chi connectivity index (χ0v) is 20.0. The molecule has 1 amide bonds. The number of amides is 1. The largest absolute Gasteiger partial charge is 0.497 e. The lowest BCUT2D eigenvalue weighted by molar-refractivity contribution is 0.102. The van der Waals surface area contributed by atoms with Crippen LogP contribution in [-0.4, -0.2) is 18.0 Å². The topological polar surface area (TPSA) is 63.2 Å². The summed E-state index contributed by atoms with van der Waals surface area (Å²) >= 11 is 1.59. The van der Waals surface area contributed by atoms with Crippen molar-refractivity contribution in [3.8, 4) is 5.75 Å². The molecule has 0 radical (unpaired) electrons. The number of thiophene rings is 1. The Morgan fingerprint density at radius 1 is 1.00 bits per heavy atom. The molecular weight excluding hydrogens is 430 g/mol. The number of nitrogens with one attached hydrogen (secondary N) is 2. The van der Waals surface area contributed by atoms with E-state index in [1.54, 1.807) is 24.6 Å². The van der Waals surface area contributed by atoms with Crippen LogP contribution in [0.5, 0.6) is 5.75 Å². The van der Waals surface area contributed by atoms with E-state index in [1.165, 1.54) is 0 Å². The Morgan fingerprint density at radius 2 is 1.79 bits per heavy atom. The van der Waals surface area contributed by atoms with Gasteiger partial charge in [-0.2, -0.15) is 0 Å². The summed E-state index contributed by atoms with van der Waals surface area (Å²) in [5, 5.41) is 7.58. The average Bonchev–Trinajstić information content (AvgIpc) is 3.10. The molecule has 0 unspecified atom stereocenters. The fourth-order valence-electron chi connectivity index (χ4n) is 3.76. The lowest BCUT2D eigenvalue weighted by Gasteiger charge is -2.23. The Kier molecular flexibility index (Phi) is 6.75. The third-order valence-electron chi connectivity index (χ3n) is 5.62. The number of hydrogen-bond acceptors (Lipinski definition) is 5. The highest BCUT2D eigenvalue weighted by molar-refractivity contribution is 7.16. The molecule has 2 heterocycles. The van der Waals surface area contributed by atoms with Crippen LogP contribution in [0.25, 0.3) is 0 Å². The number of carbonyl (C=O) groups is 1. The van der Waals surface area contributed by atoms with Gasteiger partial charge in [0.15, 0.2) is 0 Å². The monoisotopic (exact) mass is 457 g/mol. The highest BCUT2D eigenvalue weighted by atomic mass is 32.1. The summed E-state index contributed by atoms with van der Waals surface area (Å²) < 4.78 is 5.49. The van der Waals surface area contributed by atoms with Gasteiger partial charge in [-0.15, -0.1) is 11.3 Å². The minimum absolute atomic E-state index is 0.129. The highest BCUT2D eigenvalue weighted by Crippen LogP contribution is 2.41. The number of ether oxygens (including phenoxy) is 1.